The van der Waals surface area contributed by atoms with Gasteiger partial charge in [0.2, 0.25) is 0 Å². The Kier molecular flexibility index (Phi) is 3.60. The van der Waals surface area contributed by atoms with Gasteiger partial charge in [-0.3, -0.25) is 18.8 Å². The number of aromatic nitrogens is 4. The van der Waals surface area contributed by atoms with Crippen LogP contribution < -0.4 is 5.56 Å². The number of fused-ring (bicyclic) bond motifs is 1. The zero-order valence-electron chi connectivity index (χ0n) is 12.3. The lowest BCUT2D eigenvalue weighted by molar-refractivity contribution is 0.314. The topological polar surface area (TPSA) is 55.4 Å². The highest BCUT2D eigenvalue weighted by Gasteiger charge is 2.10. The van der Waals surface area contributed by atoms with E-state index in [-0.39, 0.29) is 5.56 Å². The first-order valence-corrected chi connectivity index (χ1v) is 7.54. The van der Waals surface area contributed by atoms with Crippen molar-refractivity contribution in [3.63, 3.8) is 0 Å². The third-order valence-electron chi connectivity index (χ3n) is 3.57. The van der Waals surface area contributed by atoms with Crippen molar-refractivity contribution in [2.75, 3.05) is 7.05 Å². The van der Waals surface area contributed by atoms with Crippen molar-refractivity contribution in [3.8, 4) is 0 Å². The van der Waals surface area contributed by atoms with Gasteiger partial charge in [-0.2, -0.15) is 5.10 Å². The van der Waals surface area contributed by atoms with E-state index in [0.717, 1.165) is 22.9 Å². The van der Waals surface area contributed by atoms with E-state index >= 15 is 0 Å². The Balaban J connectivity index is 1.78. The molecule has 6 nitrogen and oxygen atoms in total. The van der Waals surface area contributed by atoms with E-state index in [1.807, 2.05) is 30.4 Å². The van der Waals surface area contributed by atoms with Gasteiger partial charge in [0, 0.05) is 49.0 Å². The summed E-state index contributed by atoms with van der Waals surface area (Å²) in [6.45, 7) is 3.47. The maximum absolute atomic E-state index is 12.0. The minimum absolute atomic E-state index is 0.0257. The van der Waals surface area contributed by atoms with E-state index in [1.165, 1.54) is 16.9 Å². The Bertz CT molecular complexity index is 831. The summed E-state index contributed by atoms with van der Waals surface area (Å²) < 4.78 is 3.44. The minimum Gasteiger partial charge on any atom is -0.296 e. The van der Waals surface area contributed by atoms with Crippen LogP contribution in [-0.4, -0.2) is 31.1 Å². The van der Waals surface area contributed by atoms with Crippen molar-refractivity contribution >= 4 is 16.3 Å². The van der Waals surface area contributed by atoms with Crippen LogP contribution in [0.15, 0.2) is 28.6 Å². The van der Waals surface area contributed by atoms with Crippen molar-refractivity contribution in [2.24, 2.45) is 7.05 Å². The quantitative estimate of drug-likeness (QED) is 0.731. The molecule has 0 atom stereocenters. The second-order valence-electron chi connectivity index (χ2n) is 5.19. The van der Waals surface area contributed by atoms with Crippen LogP contribution in [0.2, 0.25) is 0 Å². The van der Waals surface area contributed by atoms with Gasteiger partial charge in [0.25, 0.3) is 5.56 Å². The van der Waals surface area contributed by atoms with Gasteiger partial charge in [-0.1, -0.05) is 0 Å². The summed E-state index contributed by atoms with van der Waals surface area (Å²) in [4.78, 5) is 19.4. The third-order valence-corrected chi connectivity index (χ3v) is 4.32. The summed E-state index contributed by atoms with van der Waals surface area (Å²) in [5.74, 6) is 0. The maximum atomic E-state index is 12.0. The first-order chi connectivity index (χ1) is 10.0. The zero-order chi connectivity index (χ0) is 15.0. The molecule has 0 aliphatic rings. The molecule has 0 amide bonds. The monoisotopic (exact) mass is 303 g/mol. The number of thiazole rings is 1. The highest BCUT2D eigenvalue weighted by atomic mass is 32.1. The number of nitrogens with zero attached hydrogens (tertiary/aromatic N) is 5. The van der Waals surface area contributed by atoms with Crippen molar-refractivity contribution in [2.45, 2.75) is 20.0 Å². The number of hydrogen-bond acceptors (Lipinski definition) is 5. The first kappa shape index (κ1) is 14.0. The zero-order valence-corrected chi connectivity index (χ0v) is 13.1. The molecule has 21 heavy (non-hydrogen) atoms. The third kappa shape index (κ3) is 2.74. The van der Waals surface area contributed by atoms with Crippen LogP contribution in [-0.2, 0) is 20.1 Å². The molecule has 3 rings (SSSR count). The molecule has 0 saturated heterocycles. The van der Waals surface area contributed by atoms with Crippen LogP contribution in [0.1, 0.15) is 17.0 Å². The van der Waals surface area contributed by atoms with Gasteiger partial charge in [0.1, 0.15) is 0 Å². The van der Waals surface area contributed by atoms with Crippen molar-refractivity contribution < 1.29 is 0 Å². The Morgan fingerprint density at radius 2 is 2.19 bits per heavy atom. The molecule has 0 aliphatic heterocycles. The number of hydrogen-bond donors (Lipinski definition) is 0. The second kappa shape index (κ2) is 5.42. The summed E-state index contributed by atoms with van der Waals surface area (Å²) >= 11 is 1.47. The number of rotatable bonds is 4. The molecule has 0 aliphatic carbocycles. The maximum Gasteiger partial charge on any atom is 0.258 e. The molecule has 0 aromatic carbocycles. The molecule has 0 radical (unpaired) electrons. The molecule has 110 valence electrons. The largest absolute Gasteiger partial charge is 0.296 e. The van der Waals surface area contributed by atoms with Crippen LogP contribution in [0, 0.1) is 6.92 Å². The summed E-state index contributed by atoms with van der Waals surface area (Å²) in [6.07, 6.45) is 3.64. The molecule has 7 heteroatoms. The molecule has 0 unspecified atom stereocenters. The fraction of sp³-hybridized carbons (Fsp3) is 0.357. The van der Waals surface area contributed by atoms with Gasteiger partial charge in [-0.15, -0.1) is 11.3 Å². The van der Waals surface area contributed by atoms with Crippen LogP contribution in [0.5, 0.6) is 0 Å². The molecule has 0 bridgehead atoms. The van der Waals surface area contributed by atoms with Crippen molar-refractivity contribution in [3.05, 3.63) is 51.1 Å². The SMILES string of the molecule is Cc1c(CN(C)Cc2cc(=O)n3ccsc3n2)cnn1C. The number of aryl methyl sites for hydroxylation is 1. The molecule has 3 aromatic rings. The van der Waals surface area contributed by atoms with Gasteiger partial charge in [0.05, 0.1) is 11.9 Å². The smallest absolute Gasteiger partial charge is 0.258 e. The Morgan fingerprint density at radius 1 is 1.38 bits per heavy atom. The van der Waals surface area contributed by atoms with Crippen LogP contribution >= 0.6 is 11.3 Å². The van der Waals surface area contributed by atoms with Gasteiger partial charge >= 0.3 is 0 Å². The Hall–Kier alpha value is -1.99. The van der Waals surface area contributed by atoms with E-state index in [0.29, 0.717) is 6.54 Å². The standard InChI is InChI=1S/C14H17N5OS/c1-10-11(7-15-18(10)3)8-17(2)9-12-6-13(20)19-4-5-21-14(19)16-12/h4-7H,8-9H2,1-3H3. The van der Waals surface area contributed by atoms with Crippen LogP contribution in [0.4, 0.5) is 0 Å². The van der Waals surface area contributed by atoms with E-state index in [4.69, 9.17) is 0 Å². The van der Waals surface area contributed by atoms with E-state index < -0.39 is 0 Å². The molecular formula is C14H17N5OS. The van der Waals surface area contributed by atoms with Crippen molar-refractivity contribution in [1.29, 1.82) is 0 Å². The highest BCUT2D eigenvalue weighted by molar-refractivity contribution is 7.15. The molecular weight excluding hydrogens is 286 g/mol. The predicted octanol–water partition coefficient (Wildman–Crippen LogP) is 1.43. The average Bonchev–Trinajstić information content (AvgIpc) is 3.01. The lowest BCUT2D eigenvalue weighted by Crippen LogP contribution is -2.21. The minimum atomic E-state index is -0.0257. The van der Waals surface area contributed by atoms with Gasteiger partial charge in [-0.25, -0.2) is 4.98 Å². The Morgan fingerprint density at radius 3 is 2.90 bits per heavy atom. The van der Waals surface area contributed by atoms with E-state index in [9.17, 15) is 4.79 Å². The van der Waals surface area contributed by atoms with Gasteiger partial charge < -0.3 is 0 Å². The first-order valence-electron chi connectivity index (χ1n) is 6.66. The summed E-state index contributed by atoms with van der Waals surface area (Å²) in [5.41, 5.74) is 3.12. The summed E-state index contributed by atoms with van der Waals surface area (Å²) in [6, 6.07) is 1.60. The predicted molar refractivity (Wildman–Crippen MR) is 82.5 cm³/mol. The fourth-order valence-corrected chi connectivity index (χ4v) is 3.03. The van der Waals surface area contributed by atoms with Crippen LogP contribution in [0.3, 0.4) is 0 Å². The van der Waals surface area contributed by atoms with Crippen LogP contribution in [0.25, 0.3) is 4.96 Å². The van der Waals surface area contributed by atoms with E-state index in [1.54, 1.807) is 16.7 Å². The molecule has 0 saturated carbocycles. The lowest BCUT2D eigenvalue weighted by atomic mass is 10.2. The summed E-state index contributed by atoms with van der Waals surface area (Å²) in [7, 11) is 3.95. The second-order valence-corrected chi connectivity index (χ2v) is 6.07. The Labute approximate surface area is 126 Å². The average molecular weight is 303 g/mol. The fourth-order valence-electron chi connectivity index (χ4n) is 2.29. The highest BCUT2D eigenvalue weighted by Crippen LogP contribution is 2.11. The molecule has 0 fully saturated rings. The molecule has 3 heterocycles. The normalized spacial score (nSPS) is 11.6. The lowest BCUT2D eigenvalue weighted by Gasteiger charge is -2.15. The van der Waals surface area contributed by atoms with Gasteiger partial charge in [0.15, 0.2) is 4.96 Å². The van der Waals surface area contributed by atoms with Crippen molar-refractivity contribution in [1.82, 2.24) is 24.1 Å². The van der Waals surface area contributed by atoms with Gasteiger partial charge in [-0.05, 0) is 14.0 Å². The molecule has 0 spiro atoms. The molecule has 0 N–H and O–H groups in total. The van der Waals surface area contributed by atoms with E-state index in [2.05, 4.69) is 21.9 Å². The summed E-state index contributed by atoms with van der Waals surface area (Å²) in [5, 5.41) is 6.12. The molecule has 3 aromatic heterocycles.